The molecule has 3 heterocycles. The van der Waals surface area contributed by atoms with Gasteiger partial charge in [-0.15, -0.1) is 0 Å². The minimum absolute atomic E-state index is 0.0402. The van der Waals surface area contributed by atoms with Crippen molar-refractivity contribution in [3.8, 4) is 11.3 Å². The van der Waals surface area contributed by atoms with Gasteiger partial charge in [0.15, 0.2) is 5.82 Å². The van der Waals surface area contributed by atoms with E-state index in [1.54, 1.807) is 0 Å². The Labute approximate surface area is 172 Å². The van der Waals surface area contributed by atoms with Crippen molar-refractivity contribution in [3.05, 3.63) is 35.0 Å². The number of hydrogen-bond acceptors (Lipinski definition) is 5. The maximum atomic E-state index is 14.8. The molecule has 2 atom stereocenters. The molecule has 2 aromatic heterocycles. The van der Waals surface area contributed by atoms with Crippen LogP contribution in [0.1, 0.15) is 32.1 Å². The highest BCUT2D eigenvalue weighted by Crippen LogP contribution is 2.32. The number of rotatable bonds is 4. The summed E-state index contributed by atoms with van der Waals surface area (Å²) >= 11 is 6.32. The number of nitrogens with zero attached hydrogens (tertiary/aromatic N) is 4. The van der Waals surface area contributed by atoms with Crippen LogP contribution < -0.4 is 5.32 Å². The fourth-order valence-corrected chi connectivity index (χ4v) is 3.93. The molecular weight excluding hydrogens is 400 g/mol. The Kier molecular flexibility index (Phi) is 5.40. The normalized spacial score (nSPS) is 19.8. The summed E-state index contributed by atoms with van der Waals surface area (Å²) in [6.45, 7) is 6.39. The monoisotopic (exact) mass is 421 g/mol. The van der Waals surface area contributed by atoms with Gasteiger partial charge in [0.25, 0.3) is 0 Å². The number of benzene rings is 1. The first-order valence-electron chi connectivity index (χ1n) is 9.54. The number of anilines is 1. The standard InChI is InChI=1S/C20H22ClF2N5O/c1-10(2)28-11(3)25-19-14(22)6-12(7-17(19)28)18-13(21)8-24-20(27-18)26-16-4-5-29-9-15(16)23/h6-8,10,15-16H,4-5,9H2,1-3H3,(H,24,26,27)/t15-,16-/m1/s1. The molecule has 0 radical (unpaired) electrons. The molecule has 0 spiro atoms. The highest BCUT2D eigenvalue weighted by atomic mass is 35.5. The van der Waals surface area contributed by atoms with Gasteiger partial charge in [-0.1, -0.05) is 11.6 Å². The van der Waals surface area contributed by atoms with Crippen LogP contribution in [0.2, 0.25) is 5.02 Å². The molecule has 1 N–H and O–H groups in total. The van der Waals surface area contributed by atoms with E-state index in [0.717, 1.165) is 5.82 Å². The van der Waals surface area contributed by atoms with Gasteiger partial charge in [-0.25, -0.2) is 23.7 Å². The molecule has 1 aromatic carbocycles. The zero-order valence-electron chi connectivity index (χ0n) is 16.4. The van der Waals surface area contributed by atoms with Crippen LogP contribution in [-0.4, -0.2) is 44.9 Å². The average molecular weight is 422 g/mol. The smallest absolute Gasteiger partial charge is 0.223 e. The van der Waals surface area contributed by atoms with E-state index in [1.165, 1.54) is 12.3 Å². The molecule has 0 saturated carbocycles. The van der Waals surface area contributed by atoms with Crippen LogP contribution in [-0.2, 0) is 4.74 Å². The van der Waals surface area contributed by atoms with E-state index < -0.39 is 18.0 Å². The number of hydrogen-bond donors (Lipinski definition) is 1. The van der Waals surface area contributed by atoms with Crippen LogP contribution in [0, 0.1) is 12.7 Å². The Morgan fingerprint density at radius 1 is 1.31 bits per heavy atom. The summed E-state index contributed by atoms with van der Waals surface area (Å²) in [5, 5.41) is 3.29. The summed E-state index contributed by atoms with van der Waals surface area (Å²) < 4.78 is 35.9. The van der Waals surface area contributed by atoms with Crippen molar-refractivity contribution in [3.63, 3.8) is 0 Å². The first-order chi connectivity index (χ1) is 13.8. The molecule has 9 heteroatoms. The van der Waals surface area contributed by atoms with E-state index >= 15 is 0 Å². The first-order valence-corrected chi connectivity index (χ1v) is 9.92. The van der Waals surface area contributed by atoms with E-state index in [-0.39, 0.29) is 23.6 Å². The second-order valence-electron chi connectivity index (χ2n) is 7.47. The van der Waals surface area contributed by atoms with Crippen molar-refractivity contribution in [2.45, 2.75) is 45.4 Å². The number of aryl methyl sites for hydroxylation is 1. The van der Waals surface area contributed by atoms with Gasteiger partial charge in [-0.3, -0.25) is 0 Å². The molecule has 0 bridgehead atoms. The molecule has 1 fully saturated rings. The highest BCUT2D eigenvalue weighted by molar-refractivity contribution is 6.33. The fourth-order valence-electron chi connectivity index (χ4n) is 3.73. The van der Waals surface area contributed by atoms with Crippen molar-refractivity contribution in [1.82, 2.24) is 19.5 Å². The highest BCUT2D eigenvalue weighted by Gasteiger charge is 2.26. The lowest BCUT2D eigenvalue weighted by molar-refractivity contribution is 0.0284. The van der Waals surface area contributed by atoms with E-state index in [9.17, 15) is 8.78 Å². The lowest BCUT2D eigenvalue weighted by atomic mass is 10.1. The summed E-state index contributed by atoms with van der Waals surface area (Å²) in [7, 11) is 0. The molecule has 0 unspecified atom stereocenters. The molecule has 0 aliphatic carbocycles. The van der Waals surface area contributed by atoms with Crippen LogP contribution in [0.5, 0.6) is 0 Å². The van der Waals surface area contributed by atoms with Crippen LogP contribution in [0.4, 0.5) is 14.7 Å². The zero-order valence-corrected chi connectivity index (χ0v) is 17.2. The Balaban J connectivity index is 1.76. The lowest BCUT2D eigenvalue weighted by Crippen LogP contribution is -2.39. The molecule has 0 amide bonds. The second kappa shape index (κ2) is 7.84. The number of imidazole rings is 1. The van der Waals surface area contributed by atoms with Crippen LogP contribution in [0.3, 0.4) is 0 Å². The fraction of sp³-hybridized carbons (Fsp3) is 0.450. The van der Waals surface area contributed by atoms with Gasteiger partial charge in [0.1, 0.15) is 17.5 Å². The maximum absolute atomic E-state index is 14.8. The van der Waals surface area contributed by atoms with E-state index in [1.807, 2.05) is 31.4 Å². The van der Waals surface area contributed by atoms with Gasteiger partial charge >= 0.3 is 0 Å². The van der Waals surface area contributed by atoms with E-state index in [2.05, 4.69) is 20.3 Å². The van der Waals surface area contributed by atoms with Crippen molar-refractivity contribution in [1.29, 1.82) is 0 Å². The zero-order chi connectivity index (χ0) is 20.7. The Morgan fingerprint density at radius 2 is 2.10 bits per heavy atom. The van der Waals surface area contributed by atoms with Gasteiger partial charge in [0, 0.05) is 18.2 Å². The van der Waals surface area contributed by atoms with Crippen molar-refractivity contribution >= 4 is 28.6 Å². The topological polar surface area (TPSA) is 64.9 Å². The molecule has 154 valence electrons. The molecule has 29 heavy (non-hydrogen) atoms. The van der Waals surface area contributed by atoms with Crippen LogP contribution >= 0.6 is 11.6 Å². The number of aromatic nitrogens is 4. The van der Waals surface area contributed by atoms with Crippen molar-refractivity contribution in [2.24, 2.45) is 0 Å². The Morgan fingerprint density at radius 3 is 2.83 bits per heavy atom. The third-order valence-electron chi connectivity index (χ3n) is 5.06. The van der Waals surface area contributed by atoms with E-state index in [4.69, 9.17) is 16.3 Å². The third-order valence-corrected chi connectivity index (χ3v) is 5.34. The minimum atomic E-state index is -1.15. The van der Waals surface area contributed by atoms with Gasteiger partial charge in [0.05, 0.1) is 35.1 Å². The summed E-state index contributed by atoms with van der Waals surface area (Å²) in [5.74, 6) is 0.529. The minimum Gasteiger partial charge on any atom is -0.378 e. The number of nitrogens with one attached hydrogen (secondary N) is 1. The van der Waals surface area contributed by atoms with Crippen molar-refractivity contribution < 1.29 is 13.5 Å². The predicted octanol–water partition coefficient (Wildman–Crippen LogP) is 4.71. The SMILES string of the molecule is Cc1nc2c(F)cc(-c3nc(N[C@@H]4CCOC[C@H]4F)ncc3Cl)cc2n1C(C)C. The number of ether oxygens (including phenoxy) is 1. The Bertz CT molecular complexity index is 1060. The van der Waals surface area contributed by atoms with Gasteiger partial charge in [0.2, 0.25) is 5.95 Å². The molecule has 1 aliphatic rings. The summed E-state index contributed by atoms with van der Waals surface area (Å²) in [6.07, 6.45) is 0.797. The molecule has 1 saturated heterocycles. The van der Waals surface area contributed by atoms with Gasteiger partial charge in [-0.05, 0) is 39.3 Å². The summed E-state index contributed by atoms with van der Waals surface area (Å²) in [5.41, 5.74) is 1.87. The third kappa shape index (κ3) is 3.79. The predicted molar refractivity (Wildman–Crippen MR) is 109 cm³/mol. The molecule has 3 aromatic rings. The largest absolute Gasteiger partial charge is 0.378 e. The Hall–Kier alpha value is -2.32. The van der Waals surface area contributed by atoms with Gasteiger partial charge in [-0.2, -0.15) is 0 Å². The summed E-state index contributed by atoms with van der Waals surface area (Å²) in [6, 6.07) is 2.86. The second-order valence-corrected chi connectivity index (χ2v) is 7.88. The molecule has 1 aliphatic heterocycles. The number of halogens is 3. The quantitative estimate of drug-likeness (QED) is 0.660. The maximum Gasteiger partial charge on any atom is 0.223 e. The molecule has 4 rings (SSSR count). The average Bonchev–Trinajstić information content (AvgIpc) is 3.02. The van der Waals surface area contributed by atoms with E-state index in [0.29, 0.717) is 35.3 Å². The number of alkyl halides is 1. The molecular formula is C20H22ClF2N5O. The first kappa shape index (κ1) is 20.0. The number of fused-ring (bicyclic) bond motifs is 1. The van der Waals surface area contributed by atoms with Crippen LogP contribution in [0.25, 0.3) is 22.3 Å². The van der Waals surface area contributed by atoms with Gasteiger partial charge < -0.3 is 14.6 Å². The van der Waals surface area contributed by atoms with Crippen LogP contribution in [0.15, 0.2) is 18.3 Å². The lowest BCUT2D eigenvalue weighted by Gasteiger charge is -2.26. The van der Waals surface area contributed by atoms with Crippen molar-refractivity contribution in [2.75, 3.05) is 18.5 Å². The molecule has 6 nitrogen and oxygen atoms in total. The summed E-state index contributed by atoms with van der Waals surface area (Å²) in [4.78, 5) is 12.9.